The molecule has 2 rings (SSSR count). The zero-order valence-electron chi connectivity index (χ0n) is 14.1. The van der Waals surface area contributed by atoms with Crippen LogP contribution in [0.1, 0.15) is 29.8 Å². The van der Waals surface area contributed by atoms with Crippen LogP contribution >= 0.6 is 11.6 Å². The molecule has 0 atom stereocenters. The molecule has 0 unspecified atom stereocenters. The number of ether oxygens (including phenoxy) is 2. The number of amides is 1. The van der Waals surface area contributed by atoms with Crippen LogP contribution in [0.4, 0.5) is 0 Å². The van der Waals surface area contributed by atoms with Gasteiger partial charge >= 0.3 is 5.97 Å². The van der Waals surface area contributed by atoms with Crippen molar-refractivity contribution in [3.63, 3.8) is 0 Å². The van der Waals surface area contributed by atoms with Gasteiger partial charge in [0.15, 0.2) is 0 Å². The third kappa shape index (κ3) is 6.47. The number of nitrogens with one attached hydrogen (secondary N) is 1. The molecule has 0 radical (unpaired) electrons. The summed E-state index contributed by atoms with van der Waals surface area (Å²) in [7, 11) is 0. The van der Waals surface area contributed by atoms with E-state index in [2.05, 4.69) is 5.32 Å². The Hall–Kier alpha value is -2.53. The number of hydrogen-bond acceptors (Lipinski definition) is 4. The zero-order valence-corrected chi connectivity index (χ0v) is 14.9. The average Bonchev–Trinajstić information content (AvgIpc) is 2.58. The molecule has 0 saturated carbocycles. The first kappa shape index (κ1) is 18.8. The van der Waals surface area contributed by atoms with Gasteiger partial charge in [-0.1, -0.05) is 23.7 Å². The van der Waals surface area contributed by atoms with Gasteiger partial charge in [-0.25, -0.2) is 0 Å². The summed E-state index contributed by atoms with van der Waals surface area (Å²) in [5.74, 6) is -0.184. The maximum absolute atomic E-state index is 12.0. The van der Waals surface area contributed by atoms with Gasteiger partial charge in [-0.05, 0) is 55.8 Å². The highest BCUT2D eigenvalue weighted by Gasteiger charge is 2.10. The van der Waals surface area contributed by atoms with Crippen LogP contribution in [0.15, 0.2) is 48.5 Å². The molecule has 0 aliphatic carbocycles. The van der Waals surface area contributed by atoms with Gasteiger partial charge in [-0.15, -0.1) is 0 Å². The van der Waals surface area contributed by atoms with Crippen LogP contribution in [0.2, 0.25) is 5.02 Å². The van der Waals surface area contributed by atoms with E-state index in [4.69, 9.17) is 21.1 Å². The summed E-state index contributed by atoms with van der Waals surface area (Å²) >= 11 is 5.86. The molecule has 0 saturated heterocycles. The molecule has 0 heterocycles. The number of hydrogen-bond donors (Lipinski definition) is 1. The maximum Gasteiger partial charge on any atom is 0.325 e. The first-order valence-corrected chi connectivity index (χ1v) is 8.27. The monoisotopic (exact) mass is 361 g/mol. The number of rotatable bonds is 7. The highest BCUT2D eigenvalue weighted by atomic mass is 35.5. The Morgan fingerprint density at radius 2 is 1.84 bits per heavy atom. The molecule has 2 aromatic carbocycles. The van der Waals surface area contributed by atoms with Crippen LogP contribution < -0.4 is 10.1 Å². The predicted molar refractivity (Wildman–Crippen MR) is 95.8 cm³/mol. The van der Waals surface area contributed by atoms with Gasteiger partial charge in [-0.3, -0.25) is 9.59 Å². The first-order valence-electron chi connectivity index (χ1n) is 7.89. The second kappa shape index (κ2) is 9.08. The molecular weight excluding hydrogens is 342 g/mol. The Labute approximate surface area is 151 Å². The smallest absolute Gasteiger partial charge is 0.325 e. The normalized spacial score (nSPS) is 10.4. The summed E-state index contributed by atoms with van der Waals surface area (Å²) in [6, 6.07) is 13.8. The third-order valence-electron chi connectivity index (χ3n) is 3.17. The number of esters is 1. The molecule has 1 amide bonds. The van der Waals surface area contributed by atoms with Gasteiger partial charge in [0.25, 0.3) is 5.91 Å². The molecule has 5 nitrogen and oxygen atoms in total. The van der Waals surface area contributed by atoms with Crippen LogP contribution in [-0.4, -0.2) is 24.5 Å². The highest BCUT2D eigenvalue weighted by Crippen LogP contribution is 2.14. The van der Waals surface area contributed by atoms with Crippen molar-refractivity contribution in [2.75, 3.05) is 6.54 Å². The molecular formula is C19H20ClNO4. The molecule has 132 valence electrons. The van der Waals surface area contributed by atoms with E-state index < -0.39 is 5.97 Å². The van der Waals surface area contributed by atoms with Crippen molar-refractivity contribution >= 4 is 23.5 Å². The van der Waals surface area contributed by atoms with Gasteiger partial charge in [-0.2, -0.15) is 0 Å². The Kier molecular flexibility index (Phi) is 6.83. The minimum absolute atomic E-state index is 0.0638. The summed E-state index contributed by atoms with van der Waals surface area (Å²) in [6.07, 6.45) is 0.0638. The minimum Gasteiger partial charge on any atom is -0.491 e. The van der Waals surface area contributed by atoms with Gasteiger partial charge in [0.05, 0.1) is 6.10 Å². The predicted octanol–water partition coefficient (Wildman–Crippen LogP) is 3.60. The molecule has 0 fully saturated rings. The van der Waals surface area contributed by atoms with Gasteiger partial charge < -0.3 is 14.8 Å². The number of carbonyl (C=O) groups excluding carboxylic acids is 2. The molecule has 0 bridgehead atoms. The summed E-state index contributed by atoms with van der Waals surface area (Å²) in [6.45, 7) is 3.76. The lowest BCUT2D eigenvalue weighted by Gasteiger charge is -2.10. The van der Waals surface area contributed by atoms with E-state index in [1.807, 2.05) is 13.8 Å². The summed E-state index contributed by atoms with van der Waals surface area (Å²) in [5, 5.41) is 3.10. The standard InChI is InChI=1S/C19H20ClNO4/c1-13(2)25-17-8-6-15(7-9-17)19(23)21-11-18(22)24-12-14-4-3-5-16(20)10-14/h3-10,13H,11-12H2,1-2H3,(H,21,23). The van der Waals surface area contributed by atoms with Gasteiger partial charge in [0, 0.05) is 10.6 Å². The van der Waals surface area contributed by atoms with E-state index in [-0.39, 0.29) is 25.2 Å². The Morgan fingerprint density at radius 1 is 1.12 bits per heavy atom. The fourth-order valence-electron chi connectivity index (χ4n) is 2.05. The molecule has 0 spiro atoms. The van der Waals surface area contributed by atoms with E-state index in [1.165, 1.54) is 0 Å². The molecule has 1 N–H and O–H groups in total. The molecule has 0 aromatic heterocycles. The van der Waals surface area contributed by atoms with Crippen LogP contribution in [-0.2, 0) is 16.1 Å². The minimum atomic E-state index is -0.520. The van der Waals surface area contributed by atoms with Crippen molar-refractivity contribution < 1.29 is 19.1 Å². The second-order valence-corrected chi connectivity index (χ2v) is 6.10. The Balaban J connectivity index is 1.78. The zero-order chi connectivity index (χ0) is 18.2. The topological polar surface area (TPSA) is 64.6 Å². The lowest BCUT2D eigenvalue weighted by Crippen LogP contribution is -2.30. The van der Waals surface area contributed by atoms with Crippen molar-refractivity contribution in [2.45, 2.75) is 26.6 Å². The summed E-state index contributed by atoms with van der Waals surface area (Å²) in [4.78, 5) is 23.7. The molecule has 0 aliphatic rings. The van der Waals surface area contributed by atoms with Gasteiger partial charge in [0.2, 0.25) is 0 Å². The number of benzene rings is 2. The van der Waals surface area contributed by atoms with E-state index >= 15 is 0 Å². The lowest BCUT2D eigenvalue weighted by molar-refractivity contribution is -0.143. The van der Waals surface area contributed by atoms with Crippen LogP contribution in [0, 0.1) is 0 Å². The average molecular weight is 362 g/mol. The molecule has 2 aromatic rings. The van der Waals surface area contributed by atoms with E-state index in [0.29, 0.717) is 16.3 Å². The molecule has 25 heavy (non-hydrogen) atoms. The quantitative estimate of drug-likeness (QED) is 0.765. The van der Waals surface area contributed by atoms with Crippen molar-refractivity contribution in [3.05, 3.63) is 64.7 Å². The Morgan fingerprint density at radius 3 is 2.48 bits per heavy atom. The van der Waals surface area contributed by atoms with Crippen LogP contribution in [0.3, 0.4) is 0 Å². The van der Waals surface area contributed by atoms with E-state index in [1.54, 1.807) is 48.5 Å². The first-order chi connectivity index (χ1) is 11.9. The van der Waals surface area contributed by atoms with Crippen LogP contribution in [0.5, 0.6) is 5.75 Å². The van der Waals surface area contributed by atoms with Crippen molar-refractivity contribution in [1.82, 2.24) is 5.32 Å². The largest absolute Gasteiger partial charge is 0.491 e. The highest BCUT2D eigenvalue weighted by molar-refractivity contribution is 6.30. The van der Waals surface area contributed by atoms with E-state index in [0.717, 1.165) is 5.56 Å². The third-order valence-corrected chi connectivity index (χ3v) is 3.41. The van der Waals surface area contributed by atoms with Crippen molar-refractivity contribution in [1.29, 1.82) is 0 Å². The van der Waals surface area contributed by atoms with Gasteiger partial charge in [0.1, 0.15) is 18.9 Å². The maximum atomic E-state index is 12.0. The second-order valence-electron chi connectivity index (χ2n) is 5.66. The fourth-order valence-corrected chi connectivity index (χ4v) is 2.27. The summed E-state index contributed by atoms with van der Waals surface area (Å²) < 4.78 is 10.6. The van der Waals surface area contributed by atoms with Crippen molar-refractivity contribution in [3.8, 4) is 5.75 Å². The SMILES string of the molecule is CC(C)Oc1ccc(C(=O)NCC(=O)OCc2cccc(Cl)c2)cc1. The van der Waals surface area contributed by atoms with Crippen molar-refractivity contribution in [2.24, 2.45) is 0 Å². The van der Waals surface area contributed by atoms with Crippen LogP contribution in [0.25, 0.3) is 0 Å². The molecule has 0 aliphatic heterocycles. The molecule has 6 heteroatoms. The number of carbonyl (C=O) groups is 2. The Bertz CT molecular complexity index is 728. The number of halogens is 1. The fraction of sp³-hybridized carbons (Fsp3) is 0.263. The summed E-state index contributed by atoms with van der Waals surface area (Å²) in [5.41, 5.74) is 1.23. The lowest BCUT2D eigenvalue weighted by atomic mass is 10.2. The van der Waals surface area contributed by atoms with E-state index in [9.17, 15) is 9.59 Å².